The van der Waals surface area contributed by atoms with Crippen molar-refractivity contribution in [1.29, 1.82) is 0 Å². The van der Waals surface area contributed by atoms with Crippen molar-refractivity contribution in [2.75, 3.05) is 5.01 Å². The van der Waals surface area contributed by atoms with Crippen LogP contribution in [-0.2, 0) is 9.59 Å². The normalized spacial score (nSPS) is 29.0. The SMILES string of the molecule is CC1(C)CCCC2=C1CC1C(=O)N(c3ccccc3)NC(=O)C1C2. The highest BCUT2D eigenvalue weighted by Gasteiger charge is 2.48. The molecule has 1 aromatic carbocycles. The summed E-state index contributed by atoms with van der Waals surface area (Å²) in [4.78, 5) is 25.7. The van der Waals surface area contributed by atoms with Crippen molar-refractivity contribution in [2.45, 2.75) is 46.0 Å². The Kier molecular flexibility index (Phi) is 3.52. The molecule has 2 aliphatic carbocycles. The number of benzene rings is 1. The molecule has 2 amide bonds. The standard InChI is InChI=1S/C20H24N2O2/c1-20(2)10-6-7-13-11-15-16(12-17(13)20)19(24)22(21-18(15)23)14-8-4-3-5-9-14/h3-5,8-9,15-16H,6-7,10-12H2,1-2H3,(H,21,23). The number of amides is 2. The van der Waals surface area contributed by atoms with Crippen LogP contribution >= 0.6 is 0 Å². The number of nitrogens with zero attached hydrogens (tertiary/aromatic N) is 1. The molecule has 4 nitrogen and oxygen atoms in total. The molecular formula is C20H24N2O2. The predicted molar refractivity (Wildman–Crippen MR) is 92.9 cm³/mol. The lowest BCUT2D eigenvalue weighted by atomic mass is 9.62. The summed E-state index contributed by atoms with van der Waals surface area (Å²) in [5.41, 5.74) is 6.58. The van der Waals surface area contributed by atoms with E-state index in [1.807, 2.05) is 30.3 Å². The Morgan fingerprint density at radius 1 is 1.08 bits per heavy atom. The number of nitrogens with one attached hydrogen (secondary N) is 1. The number of hydrazine groups is 1. The van der Waals surface area contributed by atoms with Gasteiger partial charge in [0.25, 0.3) is 0 Å². The van der Waals surface area contributed by atoms with Gasteiger partial charge in [-0.1, -0.05) is 43.2 Å². The van der Waals surface area contributed by atoms with Gasteiger partial charge in [-0.25, -0.2) is 5.01 Å². The number of rotatable bonds is 1. The molecule has 1 fully saturated rings. The number of allylic oxidation sites excluding steroid dienone is 2. The largest absolute Gasteiger partial charge is 0.273 e. The van der Waals surface area contributed by atoms with Crippen LogP contribution in [0, 0.1) is 17.3 Å². The molecule has 2 unspecified atom stereocenters. The maximum absolute atomic E-state index is 13.1. The van der Waals surface area contributed by atoms with Crippen LogP contribution < -0.4 is 10.4 Å². The summed E-state index contributed by atoms with van der Waals surface area (Å²) >= 11 is 0. The fourth-order valence-electron chi connectivity index (χ4n) is 4.66. The first-order valence-electron chi connectivity index (χ1n) is 8.88. The summed E-state index contributed by atoms with van der Waals surface area (Å²) < 4.78 is 0. The summed E-state index contributed by atoms with van der Waals surface area (Å²) in [7, 11) is 0. The van der Waals surface area contributed by atoms with Crippen molar-refractivity contribution in [2.24, 2.45) is 17.3 Å². The van der Waals surface area contributed by atoms with E-state index >= 15 is 0 Å². The fraction of sp³-hybridized carbons (Fsp3) is 0.500. The number of para-hydroxylation sites is 1. The molecule has 126 valence electrons. The quantitative estimate of drug-likeness (QED) is 0.803. The lowest BCUT2D eigenvalue weighted by molar-refractivity contribution is -0.140. The molecule has 4 rings (SSSR count). The average molecular weight is 324 g/mol. The third-order valence-electron chi connectivity index (χ3n) is 6.01. The molecule has 1 heterocycles. The van der Waals surface area contributed by atoms with Crippen molar-refractivity contribution in [3.8, 4) is 0 Å². The van der Waals surface area contributed by atoms with Crippen molar-refractivity contribution < 1.29 is 9.59 Å². The zero-order valence-corrected chi connectivity index (χ0v) is 14.3. The van der Waals surface area contributed by atoms with Crippen molar-refractivity contribution in [3.63, 3.8) is 0 Å². The van der Waals surface area contributed by atoms with Gasteiger partial charge in [-0.15, -0.1) is 0 Å². The first-order valence-corrected chi connectivity index (χ1v) is 8.88. The van der Waals surface area contributed by atoms with Gasteiger partial charge >= 0.3 is 0 Å². The van der Waals surface area contributed by atoms with Crippen LogP contribution in [-0.4, -0.2) is 11.8 Å². The second-order valence-electron chi connectivity index (χ2n) is 7.93. The molecule has 3 aliphatic rings. The summed E-state index contributed by atoms with van der Waals surface area (Å²) in [6.45, 7) is 4.56. The Morgan fingerprint density at radius 3 is 2.58 bits per heavy atom. The lowest BCUT2D eigenvalue weighted by Crippen LogP contribution is -2.60. The van der Waals surface area contributed by atoms with Gasteiger partial charge in [0.2, 0.25) is 11.8 Å². The van der Waals surface area contributed by atoms with Crippen LogP contribution in [0.3, 0.4) is 0 Å². The number of hydrogen-bond acceptors (Lipinski definition) is 2. The smallest absolute Gasteiger partial charge is 0.249 e. The van der Waals surface area contributed by atoms with E-state index in [0.717, 1.165) is 24.9 Å². The van der Waals surface area contributed by atoms with Gasteiger partial charge in [0.05, 0.1) is 17.5 Å². The molecule has 24 heavy (non-hydrogen) atoms. The topological polar surface area (TPSA) is 49.4 Å². The maximum Gasteiger partial charge on any atom is 0.249 e. The fourth-order valence-corrected chi connectivity index (χ4v) is 4.66. The zero-order chi connectivity index (χ0) is 16.9. The molecule has 1 aliphatic heterocycles. The minimum Gasteiger partial charge on any atom is -0.273 e. The number of fused-ring (bicyclic) bond motifs is 1. The molecule has 2 atom stereocenters. The van der Waals surface area contributed by atoms with E-state index in [-0.39, 0.29) is 29.1 Å². The minimum absolute atomic E-state index is 0.0154. The van der Waals surface area contributed by atoms with Crippen LogP contribution in [0.1, 0.15) is 46.0 Å². The van der Waals surface area contributed by atoms with Crippen molar-refractivity contribution in [3.05, 3.63) is 41.5 Å². The van der Waals surface area contributed by atoms with Crippen LogP contribution in [0.4, 0.5) is 5.69 Å². The van der Waals surface area contributed by atoms with Crippen molar-refractivity contribution in [1.82, 2.24) is 5.43 Å². The zero-order valence-electron chi connectivity index (χ0n) is 14.3. The molecule has 1 saturated heterocycles. The van der Waals surface area contributed by atoms with Gasteiger partial charge in [-0.3, -0.25) is 15.0 Å². The van der Waals surface area contributed by atoms with Crippen LogP contribution in [0.25, 0.3) is 0 Å². The van der Waals surface area contributed by atoms with Gasteiger partial charge in [0.15, 0.2) is 0 Å². The summed E-state index contributed by atoms with van der Waals surface area (Å²) in [5, 5.41) is 1.45. The third-order valence-corrected chi connectivity index (χ3v) is 6.01. The van der Waals surface area contributed by atoms with E-state index in [4.69, 9.17) is 0 Å². The number of carbonyl (C=O) groups is 2. The predicted octanol–water partition coefficient (Wildman–Crippen LogP) is 3.60. The average Bonchev–Trinajstić information content (AvgIpc) is 2.58. The van der Waals surface area contributed by atoms with Gasteiger partial charge < -0.3 is 0 Å². The third kappa shape index (κ3) is 2.36. The Labute approximate surface area is 142 Å². The van der Waals surface area contributed by atoms with Crippen LogP contribution in [0.15, 0.2) is 41.5 Å². The number of anilines is 1. The number of carbonyl (C=O) groups excluding carboxylic acids is 2. The van der Waals surface area contributed by atoms with E-state index in [1.54, 1.807) is 0 Å². The molecule has 0 saturated carbocycles. The molecule has 0 bridgehead atoms. The number of hydrogen-bond donors (Lipinski definition) is 1. The van der Waals surface area contributed by atoms with Gasteiger partial charge in [-0.05, 0) is 49.7 Å². The minimum atomic E-state index is -0.227. The highest BCUT2D eigenvalue weighted by atomic mass is 16.2. The monoisotopic (exact) mass is 324 g/mol. The first-order chi connectivity index (χ1) is 11.5. The molecule has 1 aromatic rings. The molecule has 0 aromatic heterocycles. The molecular weight excluding hydrogens is 300 g/mol. The van der Waals surface area contributed by atoms with Gasteiger partial charge in [0, 0.05) is 0 Å². The summed E-state index contributed by atoms with van der Waals surface area (Å²) in [6, 6.07) is 9.39. The second kappa shape index (κ2) is 5.47. The molecule has 0 radical (unpaired) electrons. The highest BCUT2D eigenvalue weighted by Crippen LogP contribution is 2.50. The Balaban J connectivity index is 1.68. The summed E-state index contributed by atoms with van der Waals surface area (Å²) in [5.74, 6) is -0.419. The molecule has 1 N–H and O–H groups in total. The van der Waals surface area contributed by atoms with Gasteiger partial charge in [-0.2, -0.15) is 0 Å². The highest BCUT2D eigenvalue weighted by molar-refractivity contribution is 6.04. The van der Waals surface area contributed by atoms with Crippen LogP contribution in [0.5, 0.6) is 0 Å². The molecule has 0 spiro atoms. The Morgan fingerprint density at radius 2 is 1.83 bits per heavy atom. The second-order valence-corrected chi connectivity index (χ2v) is 7.93. The Bertz CT molecular complexity index is 720. The van der Waals surface area contributed by atoms with Gasteiger partial charge in [0.1, 0.15) is 0 Å². The first kappa shape index (κ1) is 15.4. The summed E-state index contributed by atoms with van der Waals surface area (Å²) in [6.07, 6.45) is 4.94. The molecule has 4 heteroatoms. The van der Waals surface area contributed by atoms with E-state index < -0.39 is 0 Å². The van der Waals surface area contributed by atoms with Crippen molar-refractivity contribution >= 4 is 17.5 Å². The van der Waals surface area contributed by atoms with E-state index in [2.05, 4.69) is 19.3 Å². The van der Waals surface area contributed by atoms with E-state index in [1.165, 1.54) is 29.0 Å². The Hall–Kier alpha value is -2.10. The van der Waals surface area contributed by atoms with E-state index in [9.17, 15) is 9.59 Å². The van der Waals surface area contributed by atoms with E-state index in [0.29, 0.717) is 0 Å². The maximum atomic E-state index is 13.1. The van der Waals surface area contributed by atoms with Crippen LogP contribution in [0.2, 0.25) is 0 Å². The lowest BCUT2D eigenvalue weighted by Gasteiger charge is -2.46.